The normalized spacial score (nSPS) is 18.9. The maximum absolute atomic E-state index is 3.69. The highest BCUT2D eigenvalue weighted by Gasteiger charge is 2.21. The molecule has 0 fully saturated rings. The van der Waals surface area contributed by atoms with Crippen LogP contribution in [0.4, 0.5) is 5.69 Å². The fraction of sp³-hybridized carbons (Fsp3) is 0.647. The quantitative estimate of drug-likeness (QED) is 0.738. The van der Waals surface area contributed by atoms with E-state index in [9.17, 15) is 0 Å². The van der Waals surface area contributed by atoms with E-state index in [1.54, 1.807) is 0 Å². The van der Waals surface area contributed by atoms with Gasteiger partial charge in [0.2, 0.25) is 0 Å². The summed E-state index contributed by atoms with van der Waals surface area (Å²) in [7, 11) is 0. The highest BCUT2D eigenvalue weighted by atomic mass is 14.9. The highest BCUT2D eigenvalue weighted by molar-refractivity contribution is 5.57. The average molecular weight is 260 g/mol. The first kappa shape index (κ1) is 14.4. The molecule has 1 heterocycles. The first-order valence-electron chi connectivity index (χ1n) is 7.88. The van der Waals surface area contributed by atoms with Gasteiger partial charge in [-0.1, -0.05) is 51.3 Å². The van der Waals surface area contributed by atoms with Gasteiger partial charge in [0.05, 0.1) is 0 Å². The second kappa shape index (κ2) is 7.54. The van der Waals surface area contributed by atoms with Crippen molar-refractivity contribution in [2.75, 3.05) is 25.0 Å². The van der Waals surface area contributed by atoms with Crippen LogP contribution in [-0.4, -0.2) is 19.6 Å². The Morgan fingerprint density at radius 2 is 2.16 bits per heavy atom. The van der Waals surface area contributed by atoms with Crippen molar-refractivity contribution in [2.45, 2.75) is 45.4 Å². The second-order valence-corrected chi connectivity index (χ2v) is 5.74. The van der Waals surface area contributed by atoms with Crippen LogP contribution in [0.1, 0.15) is 51.0 Å². The van der Waals surface area contributed by atoms with Crippen molar-refractivity contribution in [3.63, 3.8) is 0 Å². The van der Waals surface area contributed by atoms with Crippen molar-refractivity contribution in [3.8, 4) is 0 Å². The summed E-state index contributed by atoms with van der Waals surface area (Å²) in [5.41, 5.74) is 2.81. The van der Waals surface area contributed by atoms with Crippen LogP contribution in [0.2, 0.25) is 0 Å². The molecule has 106 valence electrons. The lowest BCUT2D eigenvalue weighted by Gasteiger charge is -2.17. The Morgan fingerprint density at radius 3 is 2.95 bits per heavy atom. The minimum Gasteiger partial charge on any atom is -0.384 e. The van der Waals surface area contributed by atoms with Crippen LogP contribution in [0.25, 0.3) is 0 Å². The molecular weight excluding hydrogens is 232 g/mol. The van der Waals surface area contributed by atoms with Gasteiger partial charge in [-0.05, 0) is 30.5 Å². The van der Waals surface area contributed by atoms with Crippen LogP contribution < -0.4 is 10.6 Å². The zero-order valence-electron chi connectivity index (χ0n) is 12.4. The molecule has 2 rings (SSSR count). The number of nitrogens with one attached hydrogen (secondary N) is 2. The molecular formula is C17H28N2. The van der Waals surface area contributed by atoms with Gasteiger partial charge in [-0.25, -0.2) is 0 Å². The Labute approximate surface area is 118 Å². The molecule has 1 aliphatic rings. The molecule has 1 aromatic rings. The number of hydrogen-bond acceptors (Lipinski definition) is 2. The fourth-order valence-electron chi connectivity index (χ4n) is 2.94. The Balaban J connectivity index is 1.74. The van der Waals surface area contributed by atoms with E-state index in [0.29, 0.717) is 5.92 Å². The van der Waals surface area contributed by atoms with Crippen molar-refractivity contribution in [2.24, 2.45) is 5.92 Å². The summed E-state index contributed by atoms with van der Waals surface area (Å²) in [4.78, 5) is 0. The van der Waals surface area contributed by atoms with Crippen LogP contribution in [0.5, 0.6) is 0 Å². The van der Waals surface area contributed by atoms with Crippen LogP contribution in [0, 0.1) is 5.92 Å². The van der Waals surface area contributed by atoms with Crippen LogP contribution in [0.3, 0.4) is 0 Å². The van der Waals surface area contributed by atoms with Gasteiger partial charge in [-0.15, -0.1) is 0 Å². The van der Waals surface area contributed by atoms with Gasteiger partial charge >= 0.3 is 0 Å². The number of benzene rings is 1. The molecule has 0 saturated carbocycles. The summed E-state index contributed by atoms with van der Waals surface area (Å²) in [6, 6.07) is 8.70. The van der Waals surface area contributed by atoms with E-state index in [4.69, 9.17) is 0 Å². The highest BCUT2D eigenvalue weighted by Crippen LogP contribution is 2.30. The zero-order valence-corrected chi connectivity index (χ0v) is 12.4. The van der Waals surface area contributed by atoms with Gasteiger partial charge in [-0.2, -0.15) is 0 Å². The lowest BCUT2D eigenvalue weighted by atomic mass is 9.98. The number of anilines is 1. The van der Waals surface area contributed by atoms with Crippen molar-refractivity contribution < 1.29 is 0 Å². The molecule has 19 heavy (non-hydrogen) atoms. The second-order valence-electron chi connectivity index (χ2n) is 5.74. The summed E-state index contributed by atoms with van der Waals surface area (Å²) in [6.07, 6.45) is 5.36. The van der Waals surface area contributed by atoms with E-state index >= 15 is 0 Å². The molecule has 0 aliphatic carbocycles. The summed E-state index contributed by atoms with van der Waals surface area (Å²) in [6.45, 7) is 7.95. The third kappa shape index (κ3) is 3.97. The molecule has 1 aliphatic heterocycles. The lowest BCUT2D eigenvalue weighted by molar-refractivity contribution is 0.414. The van der Waals surface area contributed by atoms with Crippen molar-refractivity contribution in [1.82, 2.24) is 5.32 Å². The molecule has 0 bridgehead atoms. The molecule has 2 nitrogen and oxygen atoms in total. The molecule has 0 saturated heterocycles. The van der Waals surface area contributed by atoms with Gasteiger partial charge in [0.25, 0.3) is 0 Å². The predicted octanol–water partition coefficient (Wildman–Crippen LogP) is 4.00. The number of fused-ring (bicyclic) bond motifs is 1. The molecule has 0 amide bonds. The van der Waals surface area contributed by atoms with Gasteiger partial charge in [-0.3, -0.25) is 0 Å². The van der Waals surface area contributed by atoms with Crippen LogP contribution >= 0.6 is 0 Å². The molecule has 2 heteroatoms. The minimum atomic E-state index is 0.639. The Hall–Kier alpha value is -1.02. The topological polar surface area (TPSA) is 24.1 Å². The van der Waals surface area contributed by atoms with Gasteiger partial charge in [0.15, 0.2) is 0 Å². The van der Waals surface area contributed by atoms with E-state index in [1.807, 2.05) is 0 Å². The van der Waals surface area contributed by atoms with E-state index in [2.05, 4.69) is 48.7 Å². The standard InChI is InChI=1S/C17H28N2/c1-3-5-8-14(4-2)11-18-12-15-13-19-17-10-7-6-9-16(15)17/h6-7,9-10,14-15,18-19H,3-5,8,11-13H2,1-2H3. The van der Waals surface area contributed by atoms with Crippen molar-refractivity contribution in [3.05, 3.63) is 29.8 Å². The van der Waals surface area contributed by atoms with Crippen molar-refractivity contribution in [1.29, 1.82) is 0 Å². The first-order chi connectivity index (χ1) is 9.35. The smallest absolute Gasteiger partial charge is 0.0376 e. The van der Waals surface area contributed by atoms with Gasteiger partial charge in [0, 0.05) is 24.7 Å². The monoisotopic (exact) mass is 260 g/mol. The molecule has 0 aromatic heterocycles. The van der Waals surface area contributed by atoms with Gasteiger partial charge < -0.3 is 10.6 Å². The fourth-order valence-corrected chi connectivity index (χ4v) is 2.94. The maximum atomic E-state index is 3.69. The Bertz CT molecular complexity index is 375. The summed E-state index contributed by atoms with van der Waals surface area (Å²) in [5.74, 6) is 1.49. The van der Waals surface area contributed by atoms with Gasteiger partial charge in [0.1, 0.15) is 0 Å². The molecule has 1 aromatic carbocycles. The Morgan fingerprint density at radius 1 is 1.32 bits per heavy atom. The molecule has 2 unspecified atom stereocenters. The minimum absolute atomic E-state index is 0.639. The van der Waals surface area contributed by atoms with Crippen LogP contribution in [0.15, 0.2) is 24.3 Å². The summed E-state index contributed by atoms with van der Waals surface area (Å²) >= 11 is 0. The third-order valence-corrected chi connectivity index (χ3v) is 4.31. The average Bonchev–Trinajstić information content (AvgIpc) is 2.86. The molecule has 2 atom stereocenters. The van der Waals surface area contributed by atoms with E-state index in [1.165, 1.54) is 43.5 Å². The van der Waals surface area contributed by atoms with Crippen LogP contribution in [-0.2, 0) is 0 Å². The molecule has 0 spiro atoms. The number of hydrogen-bond donors (Lipinski definition) is 2. The SMILES string of the molecule is CCCCC(CC)CNCC1CNc2ccccc21. The zero-order chi connectivity index (χ0) is 13.5. The summed E-state index contributed by atoms with van der Waals surface area (Å²) in [5, 5.41) is 7.18. The number of unbranched alkanes of at least 4 members (excludes halogenated alkanes) is 1. The van der Waals surface area contributed by atoms with E-state index in [0.717, 1.165) is 19.0 Å². The van der Waals surface area contributed by atoms with E-state index in [-0.39, 0.29) is 0 Å². The number of rotatable bonds is 8. The third-order valence-electron chi connectivity index (χ3n) is 4.31. The first-order valence-corrected chi connectivity index (χ1v) is 7.88. The van der Waals surface area contributed by atoms with E-state index < -0.39 is 0 Å². The lowest BCUT2D eigenvalue weighted by Crippen LogP contribution is -2.28. The molecule has 2 N–H and O–H groups in total. The largest absolute Gasteiger partial charge is 0.384 e. The predicted molar refractivity (Wildman–Crippen MR) is 83.8 cm³/mol. The molecule has 0 radical (unpaired) electrons. The Kier molecular flexibility index (Phi) is 5.71. The number of para-hydroxylation sites is 1. The summed E-state index contributed by atoms with van der Waals surface area (Å²) < 4.78 is 0. The van der Waals surface area contributed by atoms with Crippen molar-refractivity contribution >= 4 is 5.69 Å². The maximum Gasteiger partial charge on any atom is 0.0376 e.